The van der Waals surface area contributed by atoms with Gasteiger partial charge in [-0.2, -0.15) is 0 Å². The number of halogens is 1. The third-order valence-electron chi connectivity index (χ3n) is 4.40. The number of carbonyl (C=O) groups is 1. The minimum Gasteiger partial charge on any atom is -0.377 e. The number of hydrogen-bond acceptors (Lipinski definition) is 3. The largest absolute Gasteiger partial charge is 0.377 e. The molecule has 3 rings (SSSR count). The van der Waals surface area contributed by atoms with Gasteiger partial charge in [0.2, 0.25) is 5.91 Å². The van der Waals surface area contributed by atoms with Gasteiger partial charge in [-0.05, 0) is 41.6 Å². The second-order valence-electron chi connectivity index (χ2n) is 5.93. The number of thiocarbonyl (C=S) groups is 1. The van der Waals surface area contributed by atoms with Crippen molar-refractivity contribution in [1.82, 2.24) is 15.5 Å². The maximum absolute atomic E-state index is 12.1. The van der Waals surface area contributed by atoms with Gasteiger partial charge in [0.15, 0.2) is 5.11 Å². The summed E-state index contributed by atoms with van der Waals surface area (Å²) in [5.41, 5.74) is 2.11. The lowest BCUT2D eigenvalue weighted by Crippen LogP contribution is -2.47. The average Bonchev–Trinajstić information content (AvgIpc) is 2.61. The van der Waals surface area contributed by atoms with Gasteiger partial charge in [-0.3, -0.25) is 4.79 Å². The summed E-state index contributed by atoms with van der Waals surface area (Å²) < 4.78 is 5.59. The standard InChI is InChI=1S/C17H20ClN3O2S/c1-2-16(22)21-3-4-23-10-15(21)12-5-11(6-14(18)7-12)13-8-19-17(24)20-9-13/h2,5-7,13,15H,1,3-4,8-10H2,(H2,19,20,24)/t15-/m0/s1. The molecule has 24 heavy (non-hydrogen) atoms. The van der Waals surface area contributed by atoms with E-state index in [1.165, 1.54) is 6.08 Å². The van der Waals surface area contributed by atoms with Crippen LogP contribution in [0, 0.1) is 0 Å². The van der Waals surface area contributed by atoms with E-state index in [9.17, 15) is 4.79 Å². The lowest BCUT2D eigenvalue weighted by molar-refractivity contribution is -0.134. The summed E-state index contributed by atoms with van der Waals surface area (Å²) >= 11 is 11.4. The molecule has 2 aliphatic rings. The van der Waals surface area contributed by atoms with E-state index in [0.29, 0.717) is 29.9 Å². The number of ether oxygens (including phenoxy) is 1. The Morgan fingerprint density at radius 1 is 1.33 bits per heavy atom. The van der Waals surface area contributed by atoms with Gasteiger partial charge < -0.3 is 20.3 Å². The second kappa shape index (κ2) is 7.51. The molecule has 2 saturated heterocycles. The van der Waals surface area contributed by atoms with Crippen molar-refractivity contribution in [2.45, 2.75) is 12.0 Å². The molecule has 2 N–H and O–H groups in total. The van der Waals surface area contributed by atoms with Crippen molar-refractivity contribution < 1.29 is 9.53 Å². The van der Waals surface area contributed by atoms with Crippen molar-refractivity contribution in [1.29, 1.82) is 0 Å². The molecule has 0 unspecified atom stereocenters. The van der Waals surface area contributed by atoms with Crippen molar-refractivity contribution in [3.8, 4) is 0 Å². The summed E-state index contributed by atoms with van der Waals surface area (Å²) in [6.45, 7) is 6.68. The van der Waals surface area contributed by atoms with E-state index in [4.69, 9.17) is 28.6 Å². The zero-order valence-electron chi connectivity index (χ0n) is 13.3. The third kappa shape index (κ3) is 3.71. The number of hydrogen-bond donors (Lipinski definition) is 2. The van der Waals surface area contributed by atoms with Crippen LogP contribution in [0.1, 0.15) is 23.1 Å². The third-order valence-corrected chi connectivity index (χ3v) is 4.91. The van der Waals surface area contributed by atoms with Gasteiger partial charge in [0, 0.05) is 30.6 Å². The highest BCUT2D eigenvalue weighted by molar-refractivity contribution is 7.80. The molecule has 128 valence electrons. The van der Waals surface area contributed by atoms with Crippen LogP contribution in [0.2, 0.25) is 5.02 Å². The maximum atomic E-state index is 12.1. The van der Waals surface area contributed by atoms with Crippen molar-refractivity contribution in [2.24, 2.45) is 0 Å². The van der Waals surface area contributed by atoms with Crippen LogP contribution in [-0.4, -0.2) is 48.8 Å². The lowest BCUT2D eigenvalue weighted by atomic mass is 9.93. The van der Waals surface area contributed by atoms with Crippen LogP contribution >= 0.6 is 23.8 Å². The van der Waals surface area contributed by atoms with Crippen molar-refractivity contribution >= 4 is 34.8 Å². The highest BCUT2D eigenvalue weighted by Crippen LogP contribution is 2.30. The molecule has 0 aromatic heterocycles. The SMILES string of the molecule is C=CC(=O)N1CCOC[C@H]1c1cc(Cl)cc(C2CNC(=S)NC2)c1. The molecule has 0 saturated carbocycles. The second-order valence-corrected chi connectivity index (χ2v) is 6.78. The Morgan fingerprint density at radius 3 is 2.75 bits per heavy atom. The first-order chi connectivity index (χ1) is 11.6. The quantitative estimate of drug-likeness (QED) is 0.633. The molecule has 1 aromatic rings. The van der Waals surface area contributed by atoms with Crippen LogP contribution in [-0.2, 0) is 9.53 Å². The fraction of sp³-hybridized carbons (Fsp3) is 0.412. The van der Waals surface area contributed by atoms with Crippen LogP contribution in [0.15, 0.2) is 30.9 Å². The molecule has 7 heteroatoms. The number of nitrogens with one attached hydrogen (secondary N) is 2. The molecule has 2 fully saturated rings. The molecule has 0 radical (unpaired) electrons. The lowest BCUT2D eigenvalue weighted by Gasteiger charge is -2.36. The molecule has 5 nitrogen and oxygen atoms in total. The van der Waals surface area contributed by atoms with Gasteiger partial charge in [0.25, 0.3) is 0 Å². The topological polar surface area (TPSA) is 53.6 Å². The Hall–Kier alpha value is -1.63. The monoisotopic (exact) mass is 365 g/mol. The first kappa shape index (κ1) is 17.2. The van der Waals surface area contributed by atoms with E-state index < -0.39 is 0 Å². The van der Waals surface area contributed by atoms with Crippen LogP contribution in [0.25, 0.3) is 0 Å². The van der Waals surface area contributed by atoms with Crippen LogP contribution in [0.3, 0.4) is 0 Å². The van der Waals surface area contributed by atoms with E-state index in [1.54, 1.807) is 4.90 Å². The van der Waals surface area contributed by atoms with Gasteiger partial charge in [-0.25, -0.2) is 0 Å². The van der Waals surface area contributed by atoms with Gasteiger partial charge in [-0.15, -0.1) is 0 Å². The summed E-state index contributed by atoms with van der Waals surface area (Å²) in [6, 6.07) is 5.84. The Balaban J connectivity index is 1.88. The number of rotatable bonds is 3. The van der Waals surface area contributed by atoms with Crippen molar-refractivity contribution in [3.63, 3.8) is 0 Å². The van der Waals surface area contributed by atoms with Crippen LogP contribution in [0.4, 0.5) is 0 Å². The molecule has 1 atom stereocenters. The number of nitrogens with zero attached hydrogens (tertiary/aromatic N) is 1. The molecular weight excluding hydrogens is 346 g/mol. The predicted molar refractivity (Wildman–Crippen MR) is 98.3 cm³/mol. The van der Waals surface area contributed by atoms with Crippen molar-refractivity contribution in [2.75, 3.05) is 32.8 Å². The van der Waals surface area contributed by atoms with E-state index >= 15 is 0 Å². The fourth-order valence-electron chi connectivity index (χ4n) is 3.13. The molecule has 1 amide bonds. The Kier molecular flexibility index (Phi) is 5.38. The molecule has 0 spiro atoms. The van der Waals surface area contributed by atoms with E-state index in [1.807, 2.05) is 12.1 Å². The number of carbonyl (C=O) groups excluding carboxylic acids is 1. The average molecular weight is 366 g/mol. The maximum Gasteiger partial charge on any atom is 0.246 e. The zero-order valence-corrected chi connectivity index (χ0v) is 14.8. The van der Waals surface area contributed by atoms with Gasteiger partial charge >= 0.3 is 0 Å². The molecule has 0 aliphatic carbocycles. The van der Waals surface area contributed by atoms with Gasteiger partial charge in [-0.1, -0.05) is 24.2 Å². The minimum absolute atomic E-state index is 0.0869. The van der Waals surface area contributed by atoms with Gasteiger partial charge in [0.1, 0.15) is 0 Å². The summed E-state index contributed by atoms with van der Waals surface area (Å²) in [5, 5.41) is 7.66. The highest BCUT2D eigenvalue weighted by atomic mass is 35.5. The Labute approximate surface area is 152 Å². The first-order valence-electron chi connectivity index (χ1n) is 7.91. The Morgan fingerprint density at radius 2 is 2.04 bits per heavy atom. The predicted octanol–water partition coefficient (Wildman–Crippen LogP) is 1.99. The number of amides is 1. The summed E-state index contributed by atoms with van der Waals surface area (Å²) in [6.07, 6.45) is 1.35. The summed E-state index contributed by atoms with van der Waals surface area (Å²) in [4.78, 5) is 13.9. The molecule has 0 bridgehead atoms. The number of morpholine rings is 1. The zero-order chi connectivity index (χ0) is 17.1. The van der Waals surface area contributed by atoms with Crippen molar-refractivity contribution in [3.05, 3.63) is 47.0 Å². The fourth-order valence-corrected chi connectivity index (χ4v) is 3.55. The highest BCUT2D eigenvalue weighted by Gasteiger charge is 2.28. The first-order valence-corrected chi connectivity index (χ1v) is 8.70. The Bertz CT molecular complexity index is 657. The molecule has 1 aromatic carbocycles. The minimum atomic E-state index is -0.146. The molecule has 2 aliphatic heterocycles. The summed E-state index contributed by atoms with van der Waals surface area (Å²) in [7, 11) is 0. The van der Waals surface area contributed by atoms with E-state index in [2.05, 4.69) is 23.3 Å². The molecular formula is C17H20ClN3O2S. The van der Waals surface area contributed by atoms with E-state index in [-0.39, 0.29) is 17.9 Å². The normalized spacial score (nSPS) is 21.8. The number of benzene rings is 1. The smallest absolute Gasteiger partial charge is 0.246 e. The molecule has 2 heterocycles. The van der Waals surface area contributed by atoms with Gasteiger partial charge in [0.05, 0.1) is 19.3 Å². The summed E-state index contributed by atoms with van der Waals surface area (Å²) in [5.74, 6) is 0.179. The van der Waals surface area contributed by atoms with E-state index in [0.717, 1.165) is 24.2 Å². The van der Waals surface area contributed by atoms with Crippen LogP contribution in [0.5, 0.6) is 0 Å². The van der Waals surface area contributed by atoms with Crippen LogP contribution < -0.4 is 10.6 Å².